The fraction of sp³-hybridized carbons (Fsp3) is 1.00. The predicted molar refractivity (Wildman–Crippen MR) is 64.6 cm³/mol. The topological polar surface area (TPSA) is 24.5 Å². The monoisotopic (exact) mass is 268 g/mol. The minimum atomic E-state index is -4.03. The molecule has 0 aromatic carbocycles. The molecule has 0 bridgehead atoms. The van der Waals surface area contributed by atoms with E-state index in [0.29, 0.717) is 13.0 Å². The van der Waals surface area contributed by atoms with Crippen molar-refractivity contribution >= 4 is 0 Å². The van der Waals surface area contributed by atoms with Gasteiger partial charge < -0.3 is 10.1 Å². The van der Waals surface area contributed by atoms with E-state index in [9.17, 15) is 13.2 Å². The SMILES string of the molecule is CNCC1CN(C(C)CCCC(F)(F)F)CCO1. The lowest BCUT2D eigenvalue weighted by atomic mass is 10.1. The maximum Gasteiger partial charge on any atom is 0.389 e. The minimum absolute atomic E-state index is 0.147. The number of nitrogens with one attached hydrogen (secondary N) is 1. The van der Waals surface area contributed by atoms with Gasteiger partial charge in [0.2, 0.25) is 0 Å². The molecule has 0 aromatic heterocycles. The van der Waals surface area contributed by atoms with Crippen LogP contribution in [0.2, 0.25) is 0 Å². The summed E-state index contributed by atoms with van der Waals surface area (Å²) in [6, 6.07) is 0.190. The molecule has 2 atom stereocenters. The molecular weight excluding hydrogens is 245 g/mol. The number of halogens is 3. The first-order valence-corrected chi connectivity index (χ1v) is 6.49. The molecule has 1 heterocycles. The van der Waals surface area contributed by atoms with Crippen LogP contribution in [0.25, 0.3) is 0 Å². The molecule has 18 heavy (non-hydrogen) atoms. The standard InChI is InChI=1S/C12H23F3N2O/c1-10(4-3-5-12(13,14)15)17-6-7-18-11(9-17)8-16-2/h10-11,16H,3-9H2,1-2H3. The fourth-order valence-corrected chi connectivity index (χ4v) is 2.27. The summed E-state index contributed by atoms with van der Waals surface area (Å²) in [7, 11) is 1.87. The van der Waals surface area contributed by atoms with E-state index in [1.165, 1.54) is 0 Å². The van der Waals surface area contributed by atoms with Gasteiger partial charge in [0.15, 0.2) is 0 Å². The van der Waals surface area contributed by atoms with E-state index >= 15 is 0 Å². The Kier molecular flexibility index (Phi) is 6.38. The maximum atomic E-state index is 12.1. The molecule has 1 aliphatic heterocycles. The molecular formula is C12H23F3N2O. The largest absolute Gasteiger partial charge is 0.389 e. The van der Waals surface area contributed by atoms with Crippen LogP contribution in [0.5, 0.6) is 0 Å². The second kappa shape index (κ2) is 7.31. The Labute approximate surface area is 107 Å². The second-order valence-electron chi connectivity index (χ2n) is 4.90. The van der Waals surface area contributed by atoms with Crippen LogP contribution in [0.4, 0.5) is 13.2 Å². The molecule has 0 saturated carbocycles. The Hall–Kier alpha value is -0.330. The van der Waals surface area contributed by atoms with E-state index < -0.39 is 12.6 Å². The van der Waals surface area contributed by atoms with Gasteiger partial charge in [0.25, 0.3) is 0 Å². The minimum Gasteiger partial charge on any atom is -0.374 e. The first-order valence-electron chi connectivity index (χ1n) is 6.49. The zero-order valence-electron chi connectivity index (χ0n) is 11.1. The van der Waals surface area contributed by atoms with Crippen molar-refractivity contribution in [2.75, 3.05) is 33.3 Å². The third-order valence-corrected chi connectivity index (χ3v) is 3.31. The van der Waals surface area contributed by atoms with E-state index in [-0.39, 0.29) is 18.6 Å². The lowest BCUT2D eigenvalue weighted by Gasteiger charge is -2.37. The molecule has 0 amide bonds. The summed E-state index contributed by atoms with van der Waals surface area (Å²) in [5.41, 5.74) is 0. The van der Waals surface area contributed by atoms with Crippen LogP contribution in [0.15, 0.2) is 0 Å². The summed E-state index contributed by atoms with van der Waals surface area (Å²) in [6.07, 6.45) is -3.76. The number of likely N-dealkylation sites (N-methyl/N-ethyl adjacent to an activating group) is 1. The summed E-state index contributed by atoms with van der Waals surface area (Å²) < 4.78 is 41.8. The predicted octanol–water partition coefficient (Wildman–Crippen LogP) is 2.03. The van der Waals surface area contributed by atoms with E-state index in [4.69, 9.17) is 4.74 Å². The van der Waals surface area contributed by atoms with Crippen molar-refractivity contribution in [3.8, 4) is 0 Å². The Morgan fingerprint density at radius 1 is 1.44 bits per heavy atom. The highest BCUT2D eigenvalue weighted by atomic mass is 19.4. The normalized spacial score (nSPS) is 24.2. The van der Waals surface area contributed by atoms with Crippen molar-refractivity contribution in [3.05, 3.63) is 0 Å². The number of alkyl halides is 3. The smallest absolute Gasteiger partial charge is 0.374 e. The van der Waals surface area contributed by atoms with Crippen LogP contribution in [0.3, 0.4) is 0 Å². The molecule has 1 rings (SSSR count). The van der Waals surface area contributed by atoms with Gasteiger partial charge in [-0.2, -0.15) is 13.2 Å². The van der Waals surface area contributed by atoms with Crippen molar-refractivity contribution in [1.82, 2.24) is 10.2 Å². The number of hydrogen-bond donors (Lipinski definition) is 1. The third-order valence-electron chi connectivity index (χ3n) is 3.31. The summed E-state index contributed by atoms with van der Waals surface area (Å²) in [5.74, 6) is 0. The molecule has 1 saturated heterocycles. The van der Waals surface area contributed by atoms with Crippen LogP contribution in [-0.4, -0.2) is 56.5 Å². The molecule has 1 aliphatic rings. The molecule has 0 aliphatic carbocycles. The van der Waals surface area contributed by atoms with Crippen LogP contribution in [0, 0.1) is 0 Å². The second-order valence-corrected chi connectivity index (χ2v) is 4.90. The fourth-order valence-electron chi connectivity index (χ4n) is 2.27. The van der Waals surface area contributed by atoms with E-state index in [1.54, 1.807) is 0 Å². The van der Waals surface area contributed by atoms with Gasteiger partial charge in [-0.15, -0.1) is 0 Å². The number of ether oxygens (including phenoxy) is 1. The van der Waals surface area contributed by atoms with Gasteiger partial charge in [0.1, 0.15) is 0 Å². The van der Waals surface area contributed by atoms with E-state index in [2.05, 4.69) is 10.2 Å². The van der Waals surface area contributed by atoms with Crippen LogP contribution < -0.4 is 5.32 Å². The van der Waals surface area contributed by atoms with Crippen LogP contribution >= 0.6 is 0 Å². The number of hydrogen-bond acceptors (Lipinski definition) is 3. The van der Waals surface area contributed by atoms with Crippen molar-refractivity contribution in [1.29, 1.82) is 0 Å². The third kappa shape index (κ3) is 6.02. The van der Waals surface area contributed by atoms with Gasteiger partial charge in [0, 0.05) is 32.1 Å². The molecule has 0 spiro atoms. The first-order chi connectivity index (χ1) is 8.42. The molecule has 2 unspecified atom stereocenters. The van der Waals surface area contributed by atoms with Gasteiger partial charge in [-0.3, -0.25) is 4.90 Å². The van der Waals surface area contributed by atoms with Gasteiger partial charge in [0.05, 0.1) is 12.7 Å². The molecule has 1 N–H and O–H groups in total. The summed E-state index contributed by atoms with van der Waals surface area (Å²) in [6.45, 7) is 5.06. The highest BCUT2D eigenvalue weighted by molar-refractivity contribution is 4.77. The van der Waals surface area contributed by atoms with Crippen molar-refractivity contribution < 1.29 is 17.9 Å². The zero-order chi connectivity index (χ0) is 13.6. The Bertz CT molecular complexity index is 234. The highest BCUT2D eigenvalue weighted by Gasteiger charge is 2.28. The Morgan fingerprint density at radius 2 is 2.17 bits per heavy atom. The molecule has 6 heteroatoms. The van der Waals surface area contributed by atoms with Crippen molar-refractivity contribution in [2.24, 2.45) is 0 Å². The van der Waals surface area contributed by atoms with E-state index in [0.717, 1.165) is 19.6 Å². The number of morpholine rings is 1. The number of nitrogens with zero attached hydrogens (tertiary/aromatic N) is 1. The van der Waals surface area contributed by atoms with Gasteiger partial charge >= 0.3 is 6.18 Å². The Morgan fingerprint density at radius 3 is 2.78 bits per heavy atom. The van der Waals surface area contributed by atoms with Crippen molar-refractivity contribution in [3.63, 3.8) is 0 Å². The quantitative estimate of drug-likeness (QED) is 0.797. The molecule has 0 radical (unpaired) electrons. The van der Waals surface area contributed by atoms with Crippen LogP contribution in [0.1, 0.15) is 26.2 Å². The first kappa shape index (κ1) is 15.7. The summed E-state index contributed by atoms with van der Waals surface area (Å²) >= 11 is 0. The molecule has 0 aromatic rings. The Balaban J connectivity index is 2.26. The maximum absolute atomic E-state index is 12.1. The molecule has 1 fully saturated rings. The molecule has 108 valence electrons. The van der Waals surface area contributed by atoms with Gasteiger partial charge in [-0.25, -0.2) is 0 Å². The van der Waals surface area contributed by atoms with Crippen LogP contribution in [-0.2, 0) is 4.74 Å². The lowest BCUT2D eigenvalue weighted by Crippen LogP contribution is -2.49. The average Bonchev–Trinajstić information content (AvgIpc) is 2.28. The lowest BCUT2D eigenvalue weighted by molar-refractivity contribution is -0.136. The summed E-state index contributed by atoms with van der Waals surface area (Å²) in [4.78, 5) is 2.22. The van der Waals surface area contributed by atoms with Crippen molar-refractivity contribution in [2.45, 2.75) is 44.5 Å². The summed E-state index contributed by atoms with van der Waals surface area (Å²) in [5, 5.41) is 3.06. The highest BCUT2D eigenvalue weighted by Crippen LogP contribution is 2.23. The van der Waals surface area contributed by atoms with Gasteiger partial charge in [-0.1, -0.05) is 0 Å². The van der Waals surface area contributed by atoms with Gasteiger partial charge in [-0.05, 0) is 26.8 Å². The van der Waals surface area contributed by atoms with E-state index in [1.807, 2.05) is 14.0 Å². The number of rotatable bonds is 6. The average molecular weight is 268 g/mol. The molecule has 3 nitrogen and oxygen atoms in total. The zero-order valence-corrected chi connectivity index (χ0v) is 11.1.